The van der Waals surface area contributed by atoms with E-state index >= 15 is 0 Å². The lowest BCUT2D eigenvalue weighted by atomic mass is 10.2. The van der Waals surface area contributed by atoms with Crippen LogP contribution in [0.4, 0.5) is 17.2 Å². The SMILES string of the molecule is CCOc1ncnc(Nc2c(Cl)ccc3nsnc23)c1N. The minimum atomic E-state index is 0.315. The predicted octanol–water partition coefficient (Wildman–Crippen LogP) is 2.86. The van der Waals surface area contributed by atoms with Crippen LogP contribution in [0.15, 0.2) is 18.5 Å². The number of fused-ring (bicyclic) bond motifs is 1. The number of nitrogen functional groups attached to an aromatic ring is 1. The maximum Gasteiger partial charge on any atom is 0.242 e. The summed E-state index contributed by atoms with van der Waals surface area (Å²) < 4.78 is 13.7. The Kier molecular flexibility index (Phi) is 3.72. The summed E-state index contributed by atoms with van der Waals surface area (Å²) in [5.74, 6) is 0.741. The largest absolute Gasteiger partial charge is 0.476 e. The van der Waals surface area contributed by atoms with Gasteiger partial charge in [-0.25, -0.2) is 4.98 Å². The monoisotopic (exact) mass is 322 g/mol. The Bertz CT molecular complexity index is 793. The molecule has 0 bridgehead atoms. The summed E-state index contributed by atoms with van der Waals surface area (Å²) in [5, 5.41) is 3.59. The number of ether oxygens (including phenoxy) is 1. The molecule has 0 amide bonds. The number of benzene rings is 1. The van der Waals surface area contributed by atoms with Crippen LogP contribution in [0.1, 0.15) is 6.92 Å². The Hall–Kier alpha value is -2.19. The van der Waals surface area contributed by atoms with E-state index in [4.69, 9.17) is 22.1 Å². The van der Waals surface area contributed by atoms with Crippen molar-refractivity contribution < 1.29 is 4.74 Å². The first-order valence-electron chi connectivity index (χ1n) is 6.11. The highest BCUT2D eigenvalue weighted by molar-refractivity contribution is 7.00. The Balaban J connectivity index is 2.04. The van der Waals surface area contributed by atoms with Crippen LogP contribution in [0.5, 0.6) is 5.88 Å². The van der Waals surface area contributed by atoms with Gasteiger partial charge in [-0.15, -0.1) is 0 Å². The number of halogens is 1. The summed E-state index contributed by atoms with van der Waals surface area (Å²) in [7, 11) is 0. The second-order valence-corrected chi connectivity index (χ2v) is 4.99. The van der Waals surface area contributed by atoms with Gasteiger partial charge in [0.15, 0.2) is 5.82 Å². The Morgan fingerprint density at radius 3 is 3.00 bits per heavy atom. The first-order valence-corrected chi connectivity index (χ1v) is 7.22. The van der Waals surface area contributed by atoms with Gasteiger partial charge in [-0.1, -0.05) is 11.6 Å². The number of nitrogens with zero attached hydrogens (tertiary/aromatic N) is 4. The van der Waals surface area contributed by atoms with Gasteiger partial charge in [0.05, 0.1) is 29.0 Å². The lowest BCUT2D eigenvalue weighted by Crippen LogP contribution is -2.05. The van der Waals surface area contributed by atoms with E-state index in [1.165, 1.54) is 6.33 Å². The molecule has 0 spiro atoms. The molecule has 0 saturated carbocycles. The lowest BCUT2D eigenvalue weighted by Gasteiger charge is -2.12. The van der Waals surface area contributed by atoms with Crippen molar-refractivity contribution in [2.45, 2.75) is 6.92 Å². The zero-order chi connectivity index (χ0) is 14.8. The van der Waals surface area contributed by atoms with E-state index in [2.05, 4.69) is 24.0 Å². The molecule has 3 aromatic rings. The van der Waals surface area contributed by atoms with E-state index in [0.717, 1.165) is 17.2 Å². The van der Waals surface area contributed by atoms with Crippen LogP contribution in [0, 0.1) is 0 Å². The van der Waals surface area contributed by atoms with Gasteiger partial charge in [0.25, 0.3) is 0 Å². The average Bonchev–Trinajstić information content (AvgIpc) is 2.95. The van der Waals surface area contributed by atoms with Crippen molar-refractivity contribution in [1.82, 2.24) is 18.7 Å². The third-order valence-corrected chi connectivity index (χ3v) is 3.61. The quantitative estimate of drug-likeness (QED) is 0.761. The molecule has 0 atom stereocenters. The van der Waals surface area contributed by atoms with E-state index < -0.39 is 0 Å². The second kappa shape index (κ2) is 5.66. The second-order valence-electron chi connectivity index (χ2n) is 4.05. The van der Waals surface area contributed by atoms with Crippen molar-refractivity contribution in [1.29, 1.82) is 0 Å². The molecule has 108 valence electrons. The average molecular weight is 323 g/mol. The van der Waals surface area contributed by atoms with Gasteiger partial charge in [0.2, 0.25) is 5.88 Å². The van der Waals surface area contributed by atoms with Crippen molar-refractivity contribution in [3.63, 3.8) is 0 Å². The molecule has 0 aliphatic carbocycles. The van der Waals surface area contributed by atoms with E-state index in [0.29, 0.717) is 40.2 Å². The molecule has 2 aromatic heterocycles. The topological polar surface area (TPSA) is 98.8 Å². The van der Waals surface area contributed by atoms with Crippen molar-refractivity contribution in [3.05, 3.63) is 23.5 Å². The first kappa shape index (κ1) is 13.8. The van der Waals surface area contributed by atoms with Crippen LogP contribution in [0.2, 0.25) is 5.02 Å². The fraction of sp³-hybridized carbons (Fsp3) is 0.167. The number of hydrogen-bond acceptors (Lipinski definition) is 8. The highest BCUT2D eigenvalue weighted by Crippen LogP contribution is 2.34. The fourth-order valence-corrected chi connectivity index (χ4v) is 2.54. The van der Waals surface area contributed by atoms with Crippen LogP contribution in [-0.4, -0.2) is 25.3 Å². The minimum absolute atomic E-state index is 0.315. The van der Waals surface area contributed by atoms with Gasteiger partial charge in [0.1, 0.15) is 23.0 Å². The van der Waals surface area contributed by atoms with E-state index in [1.807, 2.05) is 6.92 Å². The predicted molar refractivity (Wildman–Crippen MR) is 83.3 cm³/mol. The molecule has 1 aromatic carbocycles. The molecule has 2 heterocycles. The Morgan fingerprint density at radius 2 is 2.19 bits per heavy atom. The summed E-state index contributed by atoms with van der Waals surface area (Å²) in [6.45, 7) is 2.32. The Labute approximate surface area is 129 Å². The molecule has 0 aliphatic heterocycles. The number of nitrogens with one attached hydrogen (secondary N) is 1. The highest BCUT2D eigenvalue weighted by atomic mass is 35.5. The van der Waals surface area contributed by atoms with Crippen LogP contribution in [0.25, 0.3) is 11.0 Å². The first-order chi connectivity index (χ1) is 10.2. The van der Waals surface area contributed by atoms with E-state index in [9.17, 15) is 0 Å². The van der Waals surface area contributed by atoms with Crippen molar-refractivity contribution in [2.75, 3.05) is 17.7 Å². The third kappa shape index (κ3) is 2.55. The number of hydrogen-bond donors (Lipinski definition) is 2. The summed E-state index contributed by atoms with van der Waals surface area (Å²) in [6, 6.07) is 3.55. The highest BCUT2D eigenvalue weighted by Gasteiger charge is 2.14. The zero-order valence-corrected chi connectivity index (χ0v) is 12.6. The molecule has 3 rings (SSSR count). The van der Waals surface area contributed by atoms with Gasteiger partial charge in [-0.2, -0.15) is 13.7 Å². The normalized spacial score (nSPS) is 10.8. The van der Waals surface area contributed by atoms with Gasteiger partial charge in [-0.05, 0) is 19.1 Å². The van der Waals surface area contributed by atoms with Gasteiger partial charge >= 0.3 is 0 Å². The van der Waals surface area contributed by atoms with Crippen LogP contribution < -0.4 is 15.8 Å². The van der Waals surface area contributed by atoms with Crippen molar-refractivity contribution >= 4 is 51.6 Å². The molecule has 3 N–H and O–H groups in total. The number of aromatic nitrogens is 4. The van der Waals surface area contributed by atoms with Crippen LogP contribution in [-0.2, 0) is 0 Å². The molecule has 0 unspecified atom stereocenters. The Morgan fingerprint density at radius 1 is 1.33 bits per heavy atom. The molecule has 0 saturated heterocycles. The molecular formula is C12H11ClN6OS. The van der Waals surface area contributed by atoms with Crippen molar-refractivity contribution in [3.8, 4) is 5.88 Å². The fourth-order valence-electron chi connectivity index (χ4n) is 1.79. The van der Waals surface area contributed by atoms with Crippen molar-refractivity contribution in [2.24, 2.45) is 0 Å². The van der Waals surface area contributed by atoms with Gasteiger partial charge < -0.3 is 15.8 Å². The summed E-state index contributed by atoms with van der Waals surface area (Å²) >= 11 is 7.34. The molecule has 7 nitrogen and oxygen atoms in total. The molecule has 9 heteroatoms. The molecule has 0 aliphatic rings. The third-order valence-electron chi connectivity index (χ3n) is 2.75. The molecule has 0 radical (unpaired) electrons. The molecule has 0 fully saturated rings. The molecular weight excluding hydrogens is 312 g/mol. The van der Waals surface area contributed by atoms with E-state index in [-0.39, 0.29) is 0 Å². The zero-order valence-electron chi connectivity index (χ0n) is 11.0. The lowest BCUT2D eigenvalue weighted by molar-refractivity contribution is 0.328. The van der Waals surface area contributed by atoms with Crippen LogP contribution in [0.3, 0.4) is 0 Å². The number of rotatable bonds is 4. The summed E-state index contributed by atoms with van der Waals surface area (Å²) in [6.07, 6.45) is 1.37. The standard InChI is InChI=1S/C12H11ClN6OS/c1-2-20-12-8(14)11(15-5-16-12)17-9-6(13)3-4-7-10(9)19-21-18-7/h3-5H,2,14H2,1H3,(H,15,16,17). The maximum atomic E-state index is 6.22. The maximum absolute atomic E-state index is 6.22. The van der Waals surface area contributed by atoms with Gasteiger partial charge in [-0.3, -0.25) is 0 Å². The molecule has 21 heavy (non-hydrogen) atoms. The van der Waals surface area contributed by atoms with E-state index in [1.54, 1.807) is 12.1 Å². The summed E-state index contributed by atoms with van der Waals surface area (Å²) in [4.78, 5) is 8.11. The van der Waals surface area contributed by atoms with Gasteiger partial charge in [0, 0.05) is 0 Å². The minimum Gasteiger partial charge on any atom is -0.476 e. The number of nitrogens with two attached hydrogens (primary N) is 1. The number of anilines is 3. The smallest absolute Gasteiger partial charge is 0.242 e. The van der Waals surface area contributed by atoms with Crippen LogP contribution >= 0.6 is 23.3 Å². The summed E-state index contributed by atoms with van der Waals surface area (Å²) in [5.41, 5.74) is 8.34.